The van der Waals surface area contributed by atoms with E-state index in [1.165, 1.54) is 16.7 Å². The summed E-state index contributed by atoms with van der Waals surface area (Å²) in [6.07, 6.45) is 5.21. The molecule has 1 aliphatic rings. The molecule has 0 saturated heterocycles. The zero-order chi connectivity index (χ0) is 14.8. The molecule has 0 fully saturated rings. The first kappa shape index (κ1) is 13.1. The largest absolute Gasteiger partial charge is 0.469 e. The molecule has 0 spiro atoms. The van der Waals surface area contributed by atoms with Gasteiger partial charge in [0.1, 0.15) is 5.76 Å². The summed E-state index contributed by atoms with van der Waals surface area (Å²) >= 11 is 0. The Hall–Kier alpha value is -2.54. The maximum Gasteiger partial charge on any atom is 0.111 e. The first-order chi connectivity index (χ1) is 10.9. The van der Waals surface area contributed by atoms with Crippen LogP contribution >= 0.6 is 0 Å². The predicted octanol–water partition coefficient (Wildman–Crippen LogP) is 5.63. The van der Waals surface area contributed by atoms with E-state index in [9.17, 15) is 0 Å². The van der Waals surface area contributed by atoms with Crippen molar-refractivity contribution in [2.24, 2.45) is 0 Å². The Morgan fingerprint density at radius 1 is 0.773 bits per heavy atom. The molecule has 1 nitrogen and oxygen atoms in total. The summed E-state index contributed by atoms with van der Waals surface area (Å²) in [7, 11) is 0. The van der Waals surface area contributed by atoms with Crippen LogP contribution in [0.2, 0.25) is 0 Å². The molecule has 22 heavy (non-hydrogen) atoms. The smallest absolute Gasteiger partial charge is 0.111 e. The van der Waals surface area contributed by atoms with Gasteiger partial charge in [-0.05, 0) is 35.3 Å². The average Bonchev–Trinajstić information content (AvgIpc) is 3.26. The zero-order valence-electron chi connectivity index (χ0n) is 12.4. The Morgan fingerprint density at radius 3 is 2.18 bits per heavy atom. The average molecular weight is 286 g/mol. The molecule has 0 aliphatic heterocycles. The molecule has 1 heterocycles. The standard InChI is InChI=1S/C21H18O/c1-3-8-16(9-4-1)18-14-19(17-10-5-2-6-11-17)20(15-18)21-12-7-13-22-21/h1-13,15,19-20H,14H2/t19-,20-/m0/s1. The van der Waals surface area contributed by atoms with Gasteiger partial charge in [-0.1, -0.05) is 66.7 Å². The molecule has 0 bridgehead atoms. The van der Waals surface area contributed by atoms with Crippen LogP contribution in [0.3, 0.4) is 0 Å². The summed E-state index contributed by atoms with van der Waals surface area (Å²) < 4.78 is 5.71. The van der Waals surface area contributed by atoms with Crippen LogP contribution in [0.25, 0.3) is 5.57 Å². The van der Waals surface area contributed by atoms with Gasteiger partial charge in [0.2, 0.25) is 0 Å². The predicted molar refractivity (Wildman–Crippen MR) is 89.7 cm³/mol. The quantitative estimate of drug-likeness (QED) is 0.607. The first-order valence-corrected chi connectivity index (χ1v) is 7.76. The van der Waals surface area contributed by atoms with Crippen molar-refractivity contribution in [1.82, 2.24) is 0 Å². The van der Waals surface area contributed by atoms with Crippen molar-refractivity contribution in [3.05, 3.63) is 102 Å². The molecule has 108 valence electrons. The molecule has 4 rings (SSSR count). The lowest BCUT2D eigenvalue weighted by atomic mass is 9.86. The number of allylic oxidation sites excluding steroid dienone is 2. The van der Waals surface area contributed by atoms with Crippen LogP contribution in [0, 0.1) is 0 Å². The van der Waals surface area contributed by atoms with E-state index in [-0.39, 0.29) is 0 Å². The fraction of sp³-hybridized carbons (Fsp3) is 0.143. The molecule has 1 aromatic heterocycles. The van der Waals surface area contributed by atoms with E-state index in [1.54, 1.807) is 6.26 Å². The zero-order valence-corrected chi connectivity index (χ0v) is 12.4. The highest BCUT2D eigenvalue weighted by Gasteiger charge is 2.32. The van der Waals surface area contributed by atoms with E-state index < -0.39 is 0 Å². The van der Waals surface area contributed by atoms with Gasteiger partial charge < -0.3 is 4.42 Å². The molecule has 3 aromatic rings. The van der Waals surface area contributed by atoms with E-state index in [2.05, 4.69) is 72.8 Å². The van der Waals surface area contributed by atoms with E-state index in [0.717, 1.165) is 12.2 Å². The highest BCUT2D eigenvalue weighted by atomic mass is 16.3. The summed E-state index contributed by atoms with van der Waals surface area (Å²) in [5, 5.41) is 0. The first-order valence-electron chi connectivity index (χ1n) is 7.76. The van der Waals surface area contributed by atoms with E-state index in [0.29, 0.717) is 11.8 Å². The second kappa shape index (κ2) is 5.69. The summed E-state index contributed by atoms with van der Waals surface area (Å²) in [5.41, 5.74) is 4.11. The van der Waals surface area contributed by atoms with Gasteiger partial charge in [0.05, 0.1) is 6.26 Å². The van der Waals surface area contributed by atoms with E-state index in [4.69, 9.17) is 4.42 Å². The summed E-state index contributed by atoms with van der Waals surface area (Å²) in [6, 6.07) is 25.5. The van der Waals surface area contributed by atoms with E-state index in [1.807, 2.05) is 6.07 Å². The summed E-state index contributed by atoms with van der Waals surface area (Å²) in [6.45, 7) is 0. The number of rotatable bonds is 3. The van der Waals surface area contributed by atoms with Crippen molar-refractivity contribution >= 4 is 5.57 Å². The topological polar surface area (TPSA) is 13.1 Å². The van der Waals surface area contributed by atoms with Crippen molar-refractivity contribution in [3.63, 3.8) is 0 Å². The Balaban J connectivity index is 1.74. The normalized spacial score (nSPS) is 20.8. The molecule has 2 aromatic carbocycles. The van der Waals surface area contributed by atoms with Gasteiger partial charge in [-0.3, -0.25) is 0 Å². The van der Waals surface area contributed by atoms with Crippen molar-refractivity contribution in [2.75, 3.05) is 0 Å². The fourth-order valence-electron chi connectivity index (χ4n) is 3.42. The highest BCUT2D eigenvalue weighted by molar-refractivity contribution is 5.70. The maximum atomic E-state index is 5.71. The van der Waals surface area contributed by atoms with Gasteiger partial charge >= 0.3 is 0 Å². The minimum atomic E-state index is 0.313. The Kier molecular flexibility index (Phi) is 3.40. The van der Waals surface area contributed by atoms with E-state index >= 15 is 0 Å². The monoisotopic (exact) mass is 286 g/mol. The van der Waals surface area contributed by atoms with Gasteiger partial charge in [-0.2, -0.15) is 0 Å². The summed E-state index contributed by atoms with van der Waals surface area (Å²) in [4.78, 5) is 0. The van der Waals surface area contributed by atoms with Crippen molar-refractivity contribution < 1.29 is 4.42 Å². The molecule has 1 aliphatic carbocycles. The molecule has 0 saturated carbocycles. The lowest BCUT2D eigenvalue weighted by Gasteiger charge is -2.18. The van der Waals surface area contributed by atoms with Gasteiger partial charge in [-0.25, -0.2) is 0 Å². The third-order valence-corrected chi connectivity index (χ3v) is 4.50. The third kappa shape index (κ3) is 2.39. The van der Waals surface area contributed by atoms with Crippen LogP contribution in [0.4, 0.5) is 0 Å². The lowest BCUT2D eigenvalue weighted by Crippen LogP contribution is -2.04. The van der Waals surface area contributed by atoms with Gasteiger partial charge in [-0.15, -0.1) is 0 Å². The molecule has 0 unspecified atom stereocenters. The second-order valence-electron chi connectivity index (χ2n) is 5.82. The molecule has 2 atom stereocenters. The van der Waals surface area contributed by atoms with Gasteiger partial charge in [0, 0.05) is 11.8 Å². The SMILES string of the molecule is C1=C(c2ccccc2)C[C@@H](c2ccccc2)[C@H]1c1ccco1. The van der Waals surface area contributed by atoms with Crippen molar-refractivity contribution in [2.45, 2.75) is 18.3 Å². The lowest BCUT2D eigenvalue weighted by molar-refractivity contribution is 0.467. The molecule has 1 heteroatoms. The molecular formula is C21H18O. The van der Waals surface area contributed by atoms with Crippen LogP contribution < -0.4 is 0 Å². The van der Waals surface area contributed by atoms with Crippen LogP contribution in [0.5, 0.6) is 0 Å². The maximum absolute atomic E-state index is 5.71. The Morgan fingerprint density at radius 2 is 1.50 bits per heavy atom. The van der Waals surface area contributed by atoms with Crippen LogP contribution in [-0.4, -0.2) is 0 Å². The molecular weight excluding hydrogens is 268 g/mol. The number of hydrogen-bond donors (Lipinski definition) is 0. The van der Waals surface area contributed by atoms with Crippen LogP contribution in [0.1, 0.15) is 35.1 Å². The number of furan rings is 1. The van der Waals surface area contributed by atoms with Crippen LogP contribution in [-0.2, 0) is 0 Å². The van der Waals surface area contributed by atoms with Crippen molar-refractivity contribution in [3.8, 4) is 0 Å². The molecule has 0 amide bonds. The van der Waals surface area contributed by atoms with Crippen LogP contribution in [0.15, 0.2) is 89.6 Å². The van der Waals surface area contributed by atoms with Gasteiger partial charge in [0.15, 0.2) is 0 Å². The Labute approximate surface area is 130 Å². The number of benzene rings is 2. The fourth-order valence-corrected chi connectivity index (χ4v) is 3.42. The van der Waals surface area contributed by atoms with Crippen molar-refractivity contribution in [1.29, 1.82) is 0 Å². The van der Waals surface area contributed by atoms with Gasteiger partial charge in [0.25, 0.3) is 0 Å². The summed E-state index contributed by atoms with van der Waals surface area (Å²) in [5.74, 6) is 1.81. The Bertz CT molecular complexity index is 754. The minimum absolute atomic E-state index is 0.313. The highest BCUT2D eigenvalue weighted by Crippen LogP contribution is 2.47. The molecule has 0 N–H and O–H groups in total. The third-order valence-electron chi connectivity index (χ3n) is 4.50. The second-order valence-corrected chi connectivity index (χ2v) is 5.82. The molecule has 0 radical (unpaired) electrons. The minimum Gasteiger partial charge on any atom is -0.469 e. The number of hydrogen-bond acceptors (Lipinski definition) is 1.